The topological polar surface area (TPSA) is 114 Å². The normalized spacial score (nSPS) is 11.2. The Labute approximate surface area is 151 Å². The number of nitrogens with one attached hydrogen (secondary N) is 2. The first kappa shape index (κ1) is 19.3. The summed E-state index contributed by atoms with van der Waals surface area (Å²) in [6.07, 6.45) is 2.37. The highest BCUT2D eigenvalue weighted by Gasteiger charge is 2.17. The van der Waals surface area contributed by atoms with Gasteiger partial charge in [-0.3, -0.25) is 14.7 Å². The molecule has 0 atom stereocenters. The van der Waals surface area contributed by atoms with Crippen molar-refractivity contribution in [1.82, 2.24) is 5.48 Å². The number of ether oxygens (including phenoxy) is 2. The number of amides is 1. The molecule has 8 nitrogen and oxygen atoms in total. The lowest BCUT2D eigenvalue weighted by molar-refractivity contribution is -0.124. The molecule has 0 unspecified atom stereocenters. The number of hydrogen-bond donors (Lipinski definition) is 3. The van der Waals surface area contributed by atoms with Gasteiger partial charge in [0.2, 0.25) is 0 Å². The van der Waals surface area contributed by atoms with Gasteiger partial charge in [0.05, 0.1) is 24.8 Å². The third kappa shape index (κ3) is 4.52. The van der Waals surface area contributed by atoms with E-state index in [0.717, 1.165) is 6.08 Å². The second kappa shape index (κ2) is 8.37. The molecule has 2 rings (SSSR count). The van der Waals surface area contributed by atoms with Crippen LogP contribution in [-0.4, -0.2) is 33.8 Å². The molecule has 0 fully saturated rings. The van der Waals surface area contributed by atoms with Gasteiger partial charge in [-0.1, -0.05) is 18.2 Å². The summed E-state index contributed by atoms with van der Waals surface area (Å²) in [4.78, 5) is 11.3. The van der Waals surface area contributed by atoms with Crippen molar-refractivity contribution < 1.29 is 27.9 Å². The van der Waals surface area contributed by atoms with Gasteiger partial charge in [0.15, 0.2) is 11.5 Å². The van der Waals surface area contributed by atoms with Crippen LogP contribution >= 0.6 is 0 Å². The van der Waals surface area contributed by atoms with Crippen molar-refractivity contribution in [2.45, 2.75) is 4.90 Å². The van der Waals surface area contributed by atoms with Gasteiger partial charge in [0, 0.05) is 17.7 Å². The second-order valence-corrected chi connectivity index (χ2v) is 6.70. The lowest BCUT2D eigenvalue weighted by atomic mass is 10.1. The van der Waals surface area contributed by atoms with E-state index in [9.17, 15) is 13.2 Å². The average Bonchev–Trinajstić information content (AvgIpc) is 2.66. The van der Waals surface area contributed by atoms with Crippen molar-refractivity contribution in [2.75, 3.05) is 18.9 Å². The van der Waals surface area contributed by atoms with Gasteiger partial charge in [-0.25, -0.2) is 13.9 Å². The van der Waals surface area contributed by atoms with Gasteiger partial charge in [0.1, 0.15) is 0 Å². The van der Waals surface area contributed by atoms with Gasteiger partial charge >= 0.3 is 0 Å². The van der Waals surface area contributed by atoms with Crippen LogP contribution in [0.25, 0.3) is 6.08 Å². The molecule has 1 amide bonds. The highest BCUT2D eigenvalue weighted by Crippen LogP contribution is 2.35. The van der Waals surface area contributed by atoms with Crippen LogP contribution in [-0.2, 0) is 14.8 Å². The number of benzene rings is 2. The lowest BCUT2D eigenvalue weighted by Gasteiger charge is -2.15. The number of hydroxylamine groups is 1. The minimum atomic E-state index is -3.85. The summed E-state index contributed by atoms with van der Waals surface area (Å²) in [7, 11) is -1.01. The van der Waals surface area contributed by atoms with Crippen molar-refractivity contribution in [2.24, 2.45) is 0 Å². The molecule has 2 aromatic carbocycles. The van der Waals surface area contributed by atoms with Crippen LogP contribution in [0.5, 0.6) is 11.5 Å². The van der Waals surface area contributed by atoms with E-state index in [4.69, 9.17) is 14.7 Å². The van der Waals surface area contributed by atoms with E-state index >= 15 is 0 Å². The van der Waals surface area contributed by atoms with E-state index in [1.54, 1.807) is 18.2 Å². The fourth-order valence-corrected chi connectivity index (χ4v) is 3.23. The lowest BCUT2D eigenvalue weighted by Crippen LogP contribution is -2.15. The fraction of sp³-hybridized carbons (Fsp3) is 0.118. The molecule has 0 radical (unpaired) electrons. The van der Waals surface area contributed by atoms with Crippen molar-refractivity contribution in [1.29, 1.82) is 0 Å². The standard InChI is InChI=1S/C17H18N2O6S/c1-24-15-10-12(8-9-17(20)18-21)14(11-16(15)25-2)19-26(22,23)13-6-4-3-5-7-13/h3-11,19,21H,1-2H3,(H,18,20)/b9-8+. The monoisotopic (exact) mass is 378 g/mol. The summed E-state index contributed by atoms with van der Waals surface area (Å²) < 4.78 is 38.0. The fourth-order valence-electron chi connectivity index (χ4n) is 2.13. The number of hydrogen-bond acceptors (Lipinski definition) is 6. The Morgan fingerprint density at radius 1 is 1.08 bits per heavy atom. The van der Waals surface area contributed by atoms with Crippen LogP contribution in [0.3, 0.4) is 0 Å². The number of anilines is 1. The van der Waals surface area contributed by atoms with Crippen LogP contribution in [0, 0.1) is 0 Å². The Morgan fingerprint density at radius 3 is 2.27 bits per heavy atom. The number of carbonyl (C=O) groups excluding carboxylic acids is 1. The van der Waals surface area contributed by atoms with Crippen molar-refractivity contribution in [3.63, 3.8) is 0 Å². The number of sulfonamides is 1. The highest BCUT2D eigenvalue weighted by molar-refractivity contribution is 7.92. The molecule has 0 saturated carbocycles. The molecule has 0 aliphatic heterocycles. The Balaban J connectivity index is 2.51. The third-order valence-electron chi connectivity index (χ3n) is 3.38. The van der Waals surface area contributed by atoms with Gasteiger partial charge in [-0.05, 0) is 24.3 Å². The molecule has 26 heavy (non-hydrogen) atoms. The molecule has 0 saturated heterocycles. The minimum Gasteiger partial charge on any atom is -0.493 e. The molecular weight excluding hydrogens is 360 g/mol. The highest BCUT2D eigenvalue weighted by atomic mass is 32.2. The summed E-state index contributed by atoms with van der Waals surface area (Å²) in [6.45, 7) is 0. The summed E-state index contributed by atoms with van der Waals surface area (Å²) in [5, 5.41) is 8.59. The van der Waals surface area contributed by atoms with E-state index in [-0.39, 0.29) is 10.6 Å². The Bertz CT molecular complexity index is 910. The van der Waals surface area contributed by atoms with Gasteiger partial charge < -0.3 is 9.47 Å². The van der Waals surface area contributed by atoms with E-state index in [0.29, 0.717) is 17.1 Å². The van der Waals surface area contributed by atoms with Gasteiger partial charge in [-0.15, -0.1) is 0 Å². The summed E-state index contributed by atoms with van der Waals surface area (Å²) in [5.41, 5.74) is 1.97. The maximum Gasteiger partial charge on any atom is 0.267 e. The largest absolute Gasteiger partial charge is 0.493 e. The summed E-state index contributed by atoms with van der Waals surface area (Å²) in [5.74, 6) is -0.113. The molecule has 0 aromatic heterocycles. The van der Waals surface area contributed by atoms with Crippen LogP contribution in [0.1, 0.15) is 5.56 Å². The zero-order chi connectivity index (χ0) is 19.2. The molecule has 0 spiro atoms. The van der Waals surface area contributed by atoms with E-state index in [1.807, 2.05) is 0 Å². The zero-order valence-electron chi connectivity index (χ0n) is 14.1. The van der Waals surface area contributed by atoms with Crippen molar-refractivity contribution >= 4 is 27.7 Å². The molecule has 0 aliphatic carbocycles. The Morgan fingerprint density at radius 2 is 1.69 bits per heavy atom. The first-order valence-electron chi connectivity index (χ1n) is 7.37. The van der Waals surface area contributed by atoms with Crippen LogP contribution in [0.4, 0.5) is 5.69 Å². The molecule has 0 aliphatic rings. The van der Waals surface area contributed by atoms with Crippen LogP contribution < -0.4 is 19.7 Å². The maximum atomic E-state index is 12.6. The SMILES string of the molecule is COc1cc(/C=C/C(=O)NO)c(NS(=O)(=O)c2ccccc2)cc1OC. The first-order valence-corrected chi connectivity index (χ1v) is 8.85. The van der Waals surface area contributed by atoms with E-state index in [1.165, 1.54) is 50.0 Å². The Kier molecular flexibility index (Phi) is 6.21. The van der Waals surface area contributed by atoms with Gasteiger partial charge in [-0.2, -0.15) is 0 Å². The van der Waals surface area contributed by atoms with Crippen molar-refractivity contribution in [3.8, 4) is 11.5 Å². The smallest absolute Gasteiger partial charge is 0.267 e. The minimum absolute atomic E-state index is 0.0813. The molecule has 9 heteroatoms. The Hall–Kier alpha value is -3.04. The summed E-state index contributed by atoms with van der Waals surface area (Å²) >= 11 is 0. The number of carbonyl (C=O) groups is 1. The molecular formula is C17H18N2O6S. The van der Waals surface area contributed by atoms with Gasteiger partial charge in [0.25, 0.3) is 15.9 Å². The van der Waals surface area contributed by atoms with Crippen molar-refractivity contribution in [3.05, 3.63) is 54.1 Å². The quantitative estimate of drug-likeness (QED) is 0.386. The molecule has 3 N–H and O–H groups in total. The molecule has 138 valence electrons. The average molecular weight is 378 g/mol. The predicted molar refractivity (Wildman–Crippen MR) is 95.8 cm³/mol. The van der Waals surface area contributed by atoms with Crippen LogP contribution in [0.2, 0.25) is 0 Å². The van der Waals surface area contributed by atoms with Crippen LogP contribution in [0.15, 0.2) is 53.4 Å². The number of methoxy groups -OCH3 is 2. The predicted octanol–water partition coefficient (Wildman–Crippen LogP) is 2.02. The summed E-state index contributed by atoms with van der Waals surface area (Å²) in [6, 6.07) is 10.8. The first-order chi connectivity index (χ1) is 12.4. The van der Waals surface area contributed by atoms with E-state index in [2.05, 4.69) is 4.72 Å². The third-order valence-corrected chi connectivity index (χ3v) is 4.76. The zero-order valence-corrected chi connectivity index (χ0v) is 14.9. The molecule has 2 aromatic rings. The molecule has 0 bridgehead atoms. The van der Waals surface area contributed by atoms with E-state index < -0.39 is 15.9 Å². The maximum absolute atomic E-state index is 12.6. The number of rotatable bonds is 7. The molecule has 0 heterocycles. The second-order valence-electron chi connectivity index (χ2n) is 5.02.